The molecule has 1 aromatic carbocycles. The van der Waals surface area contributed by atoms with Gasteiger partial charge in [-0.05, 0) is 32.5 Å². The zero-order valence-electron chi connectivity index (χ0n) is 14.5. The zero-order chi connectivity index (χ0) is 17.1. The van der Waals surface area contributed by atoms with Crippen LogP contribution in [0.2, 0.25) is 0 Å². The molecule has 0 aliphatic heterocycles. The Bertz CT molecular complexity index is 474. The smallest absolute Gasteiger partial charge is 0.224 e. The Morgan fingerprint density at radius 2 is 1.74 bits per heavy atom. The standard InChI is InChI=1S/C18H29N3O2/c1-16(22)19-12-11-18(23)21(15-14-20(2)3)13-7-10-17-8-5-4-6-9-17/h4-6,8-9H,7,10-15H2,1-3H3,(H,19,22). The predicted octanol–water partition coefficient (Wildman–Crippen LogP) is 1.54. The molecule has 0 atom stereocenters. The van der Waals surface area contributed by atoms with Crippen LogP contribution in [-0.2, 0) is 16.0 Å². The molecule has 0 unspecified atom stereocenters. The predicted molar refractivity (Wildman–Crippen MR) is 93.2 cm³/mol. The zero-order valence-corrected chi connectivity index (χ0v) is 14.5. The van der Waals surface area contributed by atoms with E-state index in [1.165, 1.54) is 12.5 Å². The molecule has 0 saturated carbocycles. The fourth-order valence-corrected chi connectivity index (χ4v) is 2.30. The van der Waals surface area contributed by atoms with Crippen LogP contribution in [-0.4, -0.2) is 61.9 Å². The summed E-state index contributed by atoms with van der Waals surface area (Å²) in [4.78, 5) is 27.2. The molecule has 0 aliphatic carbocycles. The van der Waals surface area contributed by atoms with E-state index in [0.717, 1.165) is 32.5 Å². The molecule has 0 aliphatic rings. The van der Waals surface area contributed by atoms with E-state index in [4.69, 9.17) is 0 Å². The van der Waals surface area contributed by atoms with Gasteiger partial charge < -0.3 is 15.1 Å². The highest BCUT2D eigenvalue weighted by molar-refractivity contribution is 5.78. The normalized spacial score (nSPS) is 10.6. The molecule has 128 valence electrons. The number of hydrogen-bond acceptors (Lipinski definition) is 3. The van der Waals surface area contributed by atoms with Crippen LogP contribution in [0.25, 0.3) is 0 Å². The summed E-state index contributed by atoms with van der Waals surface area (Å²) >= 11 is 0. The largest absolute Gasteiger partial charge is 0.356 e. The number of likely N-dealkylation sites (N-methyl/N-ethyl adjacent to an activating group) is 1. The number of hydrogen-bond donors (Lipinski definition) is 1. The Labute approximate surface area is 139 Å². The van der Waals surface area contributed by atoms with E-state index in [1.54, 1.807) is 0 Å². The first kappa shape index (κ1) is 19.2. The van der Waals surface area contributed by atoms with Crippen molar-refractivity contribution in [3.05, 3.63) is 35.9 Å². The van der Waals surface area contributed by atoms with Crippen molar-refractivity contribution in [1.29, 1.82) is 0 Å². The Morgan fingerprint density at radius 1 is 1.04 bits per heavy atom. The van der Waals surface area contributed by atoms with E-state index < -0.39 is 0 Å². The fraction of sp³-hybridized carbons (Fsp3) is 0.556. The number of amides is 2. The maximum atomic E-state index is 12.3. The van der Waals surface area contributed by atoms with Crippen molar-refractivity contribution in [2.75, 3.05) is 40.3 Å². The molecule has 0 aromatic heterocycles. The maximum absolute atomic E-state index is 12.3. The van der Waals surface area contributed by atoms with Crippen molar-refractivity contribution in [2.45, 2.75) is 26.2 Å². The second kappa shape index (κ2) is 10.8. The average molecular weight is 319 g/mol. The van der Waals surface area contributed by atoms with Crippen LogP contribution in [0.5, 0.6) is 0 Å². The SMILES string of the molecule is CC(=O)NCCC(=O)N(CCCc1ccccc1)CCN(C)C. The molecule has 0 saturated heterocycles. The lowest BCUT2D eigenvalue weighted by Gasteiger charge is -2.24. The third-order valence-corrected chi connectivity index (χ3v) is 3.62. The van der Waals surface area contributed by atoms with Crippen molar-refractivity contribution >= 4 is 11.8 Å². The summed E-state index contributed by atoms with van der Waals surface area (Å²) in [5, 5.41) is 2.68. The molecule has 1 N–H and O–H groups in total. The van der Waals surface area contributed by atoms with Gasteiger partial charge in [0.2, 0.25) is 11.8 Å². The Morgan fingerprint density at radius 3 is 2.35 bits per heavy atom. The molecule has 5 heteroatoms. The molecule has 0 spiro atoms. The Hall–Kier alpha value is -1.88. The summed E-state index contributed by atoms with van der Waals surface area (Å²) in [7, 11) is 4.01. The summed E-state index contributed by atoms with van der Waals surface area (Å²) in [6.45, 7) is 4.19. The van der Waals surface area contributed by atoms with Gasteiger partial charge in [-0.1, -0.05) is 30.3 Å². The van der Waals surface area contributed by atoms with Gasteiger partial charge in [0, 0.05) is 39.5 Å². The Kier molecular flexibility index (Phi) is 8.98. The quantitative estimate of drug-likeness (QED) is 0.712. The number of nitrogens with one attached hydrogen (secondary N) is 1. The summed E-state index contributed by atoms with van der Waals surface area (Å²) in [6.07, 6.45) is 2.28. The van der Waals surface area contributed by atoms with Gasteiger partial charge >= 0.3 is 0 Å². The van der Waals surface area contributed by atoms with Crippen LogP contribution >= 0.6 is 0 Å². The number of nitrogens with zero attached hydrogens (tertiary/aromatic N) is 2. The number of aryl methyl sites for hydroxylation is 1. The molecule has 0 bridgehead atoms. The van der Waals surface area contributed by atoms with E-state index in [1.807, 2.05) is 37.2 Å². The van der Waals surface area contributed by atoms with Gasteiger partial charge in [0.05, 0.1) is 0 Å². The molecular weight excluding hydrogens is 290 g/mol. The third kappa shape index (κ3) is 8.98. The van der Waals surface area contributed by atoms with Crippen LogP contribution in [0, 0.1) is 0 Å². The lowest BCUT2D eigenvalue weighted by Crippen LogP contribution is -2.39. The topological polar surface area (TPSA) is 52.7 Å². The first-order valence-electron chi connectivity index (χ1n) is 8.20. The van der Waals surface area contributed by atoms with Crippen LogP contribution in [0.1, 0.15) is 25.3 Å². The molecule has 0 radical (unpaired) electrons. The van der Waals surface area contributed by atoms with Crippen LogP contribution in [0.15, 0.2) is 30.3 Å². The van der Waals surface area contributed by atoms with Crippen LogP contribution in [0.4, 0.5) is 0 Å². The lowest BCUT2D eigenvalue weighted by atomic mass is 10.1. The Balaban J connectivity index is 2.43. The minimum atomic E-state index is -0.0956. The van der Waals surface area contributed by atoms with Gasteiger partial charge in [0.1, 0.15) is 0 Å². The number of carbonyl (C=O) groups excluding carboxylic acids is 2. The third-order valence-electron chi connectivity index (χ3n) is 3.62. The maximum Gasteiger partial charge on any atom is 0.224 e. The van der Waals surface area contributed by atoms with Crippen molar-refractivity contribution in [2.24, 2.45) is 0 Å². The van der Waals surface area contributed by atoms with Gasteiger partial charge in [-0.15, -0.1) is 0 Å². The highest BCUT2D eigenvalue weighted by Gasteiger charge is 2.13. The van der Waals surface area contributed by atoms with E-state index in [2.05, 4.69) is 22.3 Å². The summed E-state index contributed by atoms with van der Waals surface area (Å²) < 4.78 is 0. The first-order valence-corrected chi connectivity index (χ1v) is 8.20. The molecule has 2 amide bonds. The van der Waals surface area contributed by atoms with Gasteiger partial charge in [-0.2, -0.15) is 0 Å². The second-order valence-corrected chi connectivity index (χ2v) is 6.01. The minimum Gasteiger partial charge on any atom is -0.356 e. The van der Waals surface area contributed by atoms with E-state index in [0.29, 0.717) is 13.0 Å². The van der Waals surface area contributed by atoms with Crippen molar-refractivity contribution in [3.8, 4) is 0 Å². The summed E-state index contributed by atoms with van der Waals surface area (Å²) in [5.74, 6) is 0.00961. The lowest BCUT2D eigenvalue weighted by molar-refractivity contribution is -0.131. The average Bonchev–Trinajstić information content (AvgIpc) is 2.51. The highest BCUT2D eigenvalue weighted by atomic mass is 16.2. The fourth-order valence-electron chi connectivity index (χ4n) is 2.30. The number of carbonyl (C=O) groups is 2. The molecular formula is C18H29N3O2. The van der Waals surface area contributed by atoms with Crippen LogP contribution in [0.3, 0.4) is 0 Å². The molecule has 5 nitrogen and oxygen atoms in total. The molecule has 1 rings (SSSR count). The van der Waals surface area contributed by atoms with Crippen molar-refractivity contribution < 1.29 is 9.59 Å². The van der Waals surface area contributed by atoms with Gasteiger partial charge in [-0.3, -0.25) is 9.59 Å². The van der Waals surface area contributed by atoms with Crippen molar-refractivity contribution in [3.63, 3.8) is 0 Å². The van der Waals surface area contributed by atoms with Gasteiger partial charge in [0.15, 0.2) is 0 Å². The number of benzene rings is 1. The molecule has 1 aromatic rings. The molecule has 0 heterocycles. The minimum absolute atomic E-state index is 0.0956. The van der Waals surface area contributed by atoms with Crippen LogP contribution < -0.4 is 5.32 Å². The summed E-state index contributed by atoms with van der Waals surface area (Å²) in [6, 6.07) is 10.3. The molecule has 23 heavy (non-hydrogen) atoms. The monoisotopic (exact) mass is 319 g/mol. The number of rotatable bonds is 10. The van der Waals surface area contributed by atoms with E-state index in [-0.39, 0.29) is 11.8 Å². The highest BCUT2D eigenvalue weighted by Crippen LogP contribution is 2.05. The van der Waals surface area contributed by atoms with Crippen molar-refractivity contribution in [1.82, 2.24) is 15.1 Å². The summed E-state index contributed by atoms with van der Waals surface area (Å²) in [5.41, 5.74) is 1.30. The van der Waals surface area contributed by atoms with Gasteiger partial charge in [0.25, 0.3) is 0 Å². The van der Waals surface area contributed by atoms with Gasteiger partial charge in [-0.25, -0.2) is 0 Å². The van der Waals surface area contributed by atoms with E-state index in [9.17, 15) is 9.59 Å². The first-order chi connectivity index (χ1) is 11.0. The second-order valence-electron chi connectivity index (χ2n) is 6.01. The van der Waals surface area contributed by atoms with E-state index >= 15 is 0 Å². The molecule has 0 fully saturated rings.